The lowest BCUT2D eigenvalue weighted by Gasteiger charge is -2.12. The molecule has 0 saturated heterocycles. The van der Waals surface area contributed by atoms with Crippen LogP contribution in [0.15, 0.2) is 24.4 Å². The number of halogens is 1. The summed E-state index contributed by atoms with van der Waals surface area (Å²) in [4.78, 5) is 12.0. The summed E-state index contributed by atoms with van der Waals surface area (Å²) in [7, 11) is 0. The molecule has 0 spiro atoms. The molecule has 1 aliphatic rings. The molecule has 1 heterocycles. The largest absolute Gasteiger partial charge is 0.352 e. The number of hydrogen-bond donors (Lipinski definition) is 1. The normalized spacial score (nSPS) is 16.1. The van der Waals surface area contributed by atoms with E-state index in [9.17, 15) is 4.79 Å². The van der Waals surface area contributed by atoms with Gasteiger partial charge in [-0.1, -0.05) is 24.4 Å². The van der Waals surface area contributed by atoms with E-state index in [-0.39, 0.29) is 12.5 Å². The summed E-state index contributed by atoms with van der Waals surface area (Å²) in [6, 6.07) is 5.93. The van der Waals surface area contributed by atoms with Crippen LogP contribution in [0.25, 0.3) is 10.9 Å². The van der Waals surface area contributed by atoms with Gasteiger partial charge in [0.25, 0.3) is 0 Å². The SMILES string of the molecule is O=C(Cn1ncc2ccc(Cl)cc21)NC1CCCC1. The second kappa shape index (κ2) is 5.21. The Balaban J connectivity index is 1.73. The van der Waals surface area contributed by atoms with Gasteiger partial charge in [0.2, 0.25) is 5.91 Å². The number of hydrogen-bond acceptors (Lipinski definition) is 2. The van der Waals surface area contributed by atoms with Crippen LogP contribution in [-0.2, 0) is 11.3 Å². The number of nitrogens with one attached hydrogen (secondary N) is 1. The molecule has 1 fully saturated rings. The number of carbonyl (C=O) groups excluding carboxylic acids is 1. The van der Waals surface area contributed by atoms with Crippen molar-refractivity contribution in [2.75, 3.05) is 0 Å². The molecule has 2 aromatic rings. The van der Waals surface area contributed by atoms with Crippen LogP contribution in [0.4, 0.5) is 0 Å². The van der Waals surface area contributed by atoms with E-state index in [0.717, 1.165) is 23.7 Å². The first kappa shape index (κ1) is 12.5. The molecule has 1 amide bonds. The standard InChI is InChI=1S/C14H16ClN3O/c15-11-6-5-10-8-16-18(13(10)7-11)9-14(19)17-12-3-1-2-4-12/h5-8,12H,1-4,9H2,(H,17,19). The highest BCUT2D eigenvalue weighted by Gasteiger charge is 2.17. The maximum absolute atomic E-state index is 12.0. The fraction of sp³-hybridized carbons (Fsp3) is 0.429. The lowest BCUT2D eigenvalue weighted by molar-refractivity contribution is -0.122. The lowest BCUT2D eigenvalue weighted by Crippen LogP contribution is -2.35. The average molecular weight is 278 g/mol. The second-order valence-electron chi connectivity index (χ2n) is 5.05. The summed E-state index contributed by atoms with van der Waals surface area (Å²) in [6.45, 7) is 0.250. The maximum atomic E-state index is 12.0. The molecule has 1 aromatic heterocycles. The molecule has 1 saturated carbocycles. The Bertz CT molecular complexity index is 602. The van der Waals surface area contributed by atoms with Gasteiger partial charge in [0.05, 0.1) is 11.7 Å². The number of fused-ring (bicyclic) bond motifs is 1. The number of aromatic nitrogens is 2. The van der Waals surface area contributed by atoms with Crippen molar-refractivity contribution < 1.29 is 4.79 Å². The van der Waals surface area contributed by atoms with Crippen LogP contribution >= 0.6 is 11.6 Å². The van der Waals surface area contributed by atoms with E-state index in [2.05, 4.69) is 10.4 Å². The summed E-state index contributed by atoms with van der Waals surface area (Å²) in [5.41, 5.74) is 0.897. The number of rotatable bonds is 3. The van der Waals surface area contributed by atoms with Crippen LogP contribution in [0.1, 0.15) is 25.7 Å². The summed E-state index contributed by atoms with van der Waals surface area (Å²) in [5.74, 6) is 0.0249. The van der Waals surface area contributed by atoms with Crippen LogP contribution in [0.3, 0.4) is 0 Å². The third-order valence-electron chi connectivity index (χ3n) is 3.62. The topological polar surface area (TPSA) is 46.9 Å². The Kier molecular flexibility index (Phi) is 3.42. The first-order chi connectivity index (χ1) is 9.22. The van der Waals surface area contributed by atoms with Gasteiger partial charge in [0.15, 0.2) is 0 Å². The van der Waals surface area contributed by atoms with E-state index < -0.39 is 0 Å². The summed E-state index contributed by atoms with van der Waals surface area (Å²) < 4.78 is 1.70. The minimum absolute atomic E-state index is 0.0249. The molecule has 0 aliphatic heterocycles. The zero-order chi connectivity index (χ0) is 13.2. The van der Waals surface area contributed by atoms with E-state index in [1.165, 1.54) is 12.8 Å². The van der Waals surface area contributed by atoms with E-state index in [0.29, 0.717) is 11.1 Å². The van der Waals surface area contributed by atoms with Crippen molar-refractivity contribution in [2.45, 2.75) is 38.3 Å². The van der Waals surface area contributed by atoms with Gasteiger partial charge in [-0.15, -0.1) is 0 Å². The van der Waals surface area contributed by atoms with E-state index in [1.54, 1.807) is 10.9 Å². The number of benzene rings is 1. The Morgan fingerprint density at radius 3 is 3.00 bits per heavy atom. The van der Waals surface area contributed by atoms with Gasteiger partial charge in [-0.05, 0) is 31.0 Å². The molecule has 0 unspecified atom stereocenters. The molecule has 5 heteroatoms. The van der Waals surface area contributed by atoms with Gasteiger partial charge in [-0.3, -0.25) is 9.48 Å². The molecule has 4 nitrogen and oxygen atoms in total. The molecule has 1 aromatic carbocycles. The highest BCUT2D eigenvalue weighted by molar-refractivity contribution is 6.31. The van der Waals surface area contributed by atoms with Crippen molar-refractivity contribution in [2.24, 2.45) is 0 Å². The van der Waals surface area contributed by atoms with Gasteiger partial charge < -0.3 is 5.32 Å². The molecule has 0 atom stereocenters. The Morgan fingerprint density at radius 2 is 2.21 bits per heavy atom. The number of nitrogens with zero attached hydrogens (tertiary/aromatic N) is 2. The summed E-state index contributed by atoms with van der Waals surface area (Å²) in [5, 5.41) is 8.97. The summed E-state index contributed by atoms with van der Waals surface area (Å²) in [6.07, 6.45) is 6.37. The Labute approximate surface area is 116 Å². The molecule has 0 radical (unpaired) electrons. The molecule has 0 bridgehead atoms. The molecule has 100 valence electrons. The van der Waals surface area contributed by atoms with Crippen molar-refractivity contribution in [3.63, 3.8) is 0 Å². The highest BCUT2D eigenvalue weighted by atomic mass is 35.5. The van der Waals surface area contributed by atoms with Crippen LogP contribution in [0.5, 0.6) is 0 Å². The first-order valence-corrected chi connectivity index (χ1v) is 7.00. The quantitative estimate of drug-likeness (QED) is 0.938. The van der Waals surface area contributed by atoms with Gasteiger partial charge in [0.1, 0.15) is 6.54 Å². The summed E-state index contributed by atoms with van der Waals surface area (Å²) >= 11 is 5.98. The third-order valence-corrected chi connectivity index (χ3v) is 3.86. The lowest BCUT2D eigenvalue weighted by atomic mass is 10.2. The minimum Gasteiger partial charge on any atom is -0.352 e. The van der Waals surface area contributed by atoms with Crippen LogP contribution in [-0.4, -0.2) is 21.7 Å². The Morgan fingerprint density at radius 1 is 1.42 bits per heavy atom. The average Bonchev–Trinajstić information content (AvgIpc) is 3.00. The van der Waals surface area contributed by atoms with Crippen molar-refractivity contribution in [3.05, 3.63) is 29.4 Å². The van der Waals surface area contributed by atoms with E-state index in [1.807, 2.05) is 18.2 Å². The van der Waals surface area contributed by atoms with E-state index >= 15 is 0 Å². The Hall–Kier alpha value is -1.55. The van der Waals surface area contributed by atoms with Gasteiger partial charge >= 0.3 is 0 Å². The molecular weight excluding hydrogens is 262 g/mol. The molecule has 1 N–H and O–H groups in total. The molecule has 19 heavy (non-hydrogen) atoms. The van der Waals surface area contributed by atoms with Gasteiger partial charge in [-0.2, -0.15) is 5.10 Å². The molecule has 1 aliphatic carbocycles. The van der Waals surface area contributed by atoms with Gasteiger partial charge in [-0.25, -0.2) is 0 Å². The molecular formula is C14H16ClN3O. The maximum Gasteiger partial charge on any atom is 0.241 e. The van der Waals surface area contributed by atoms with Crippen LogP contribution < -0.4 is 5.32 Å². The van der Waals surface area contributed by atoms with Crippen molar-refractivity contribution >= 4 is 28.4 Å². The zero-order valence-electron chi connectivity index (χ0n) is 10.6. The highest BCUT2D eigenvalue weighted by Crippen LogP contribution is 2.20. The van der Waals surface area contributed by atoms with E-state index in [4.69, 9.17) is 11.6 Å². The van der Waals surface area contributed by atoms with Crippen LogP contribution in [0.2, 0.25) is 5.02 Å². The van der Waals surface area contributed by atoms with Crippen LogP contribution in [0, 0.1) is 0 Å². The fourth-order valence-electron chi connectivity index (χ4n) is 2.65. The monoisotopic (exact) mass is 277 g/mol. The third kappa shape index (κ3) is 2.73. The number of amides is 1. The van der Waals surface area contributed by atoms with Crippen molar-refractivity contribution in [3.8, 4) is 0 Å². The predicted octanol–water partition coefficient (Wildman–Crippen LogP) is 2.75. The second-order valence-corrected chi connectivity index (χ2v) is 5.49. The predicted molar refractivity (Wildman–Crippen MR) is 75.1 cm³/mol. The van der Waals surface area contributed by atoms with Crippen molar-refractivity contribution in [1.82, 2.24) is 15.1 Å². The van der Waals surface area contributed by atoms with Crippen molar-refractivity contribution in [1.29, 1.82) is 0 Å². The van der Waals surface area contributed by atoms with Gasteiger partial charge in [0, 0.05) is 16.5 Å². The molecule has 3 rings (SSSR count). The number of carbonyl (C=O) groups is 1. The smallest absolute Gasteiger partial charge is 0.241 e. The minimum atomic E-state index is 0.0249. The zero-order valence-corrected chi connectivity index (χ0v) is 11.4. The fourth-order valence-corrected chi connectivity index (χ4v) is 2.82. The first-order valence-electron chi connectivity index (χ1n) is 6.63.